The second-order valence-electron chi connectivity index (χ2n) is 3.89. The largest absolute Gasteiger partial charge is 0.434 e. The van der Waals surface area contributed by atoms with Gasteiger partial charge < -0.3 is 10.5 Å². The van der Waals surface area contributed by atoms with Crippen LogP contribution in [0.4, 0.5) is 22.0 Å². The van der Waals surface area contributed by atoms with E-state index in [1.165, 1.54) is 6.07 Å². The fourth-order valence-corrected chi connectivity index (χ4v) is 1.50. The van der Waals surface area contributed by atoms with Crippen LogP contribution in [0.2, 0.25) is 0 Å². The predicted molar refractivity (Wildman–Crippen MR) is 55.4 cm³/mol. The normalized spacial score (nSPS) is 13.8. The Morgan fingerprint density at radius 3 is 2.33 bits per heavy atom. The molecule has 0 heterocycles. The van der Waals surface area contributed by atoms with Crippen LogP contribution < -0.4 is 10.5 Å². The lowest BCUT2D eigenvalue weighted by Crippen LogP contribution is -2.18. The lowest BCUT2D eigenvalue weighted by molar-refractivity contribution is -0.141. The molecule has 0 aliphatic heterocycles. The highest BCUT2D eigenvalue weighted by Crippen LogP contribution is 2.37. The summed E-state index contributed by atoms with van der Waals surface area (Å²) in [6.45, 7) is -1.66. The maximum absolute atomic E-state index is 12.7. The highest BCUT2D eigenvalue weighted by atomic mass is 19.4. The second-order valence-corrected chi connectivity index (χ2v) is 3.89. The van der Waals surface area contributed by atoms with Gasteiger partial charge in [0, 0.05) is 6.04 Å². The minimum absolute atomic E-state index is 0.220. The molecule has 102 valence electrons. The van der Waals surface area contributed by atoms with Crippen molar-refractivity contribution in [2.24, 2.45) is 5.73 Å². The van der Waals surface area contributed by atoms with Crippen molar-refractivity contribution in [1.82, 2.24) is 0 Å². The number of rotatable bonds is 4. The van der Waals surface area contributed by atoms with E-state index in [2.05, 4.69) is 4.74 Å². The Hall–Kier alpha value is -1.37. The molecule has 0 fully saturated rings. The molecule has 1 atom stereocenters. The van der Waals surface area contributed by atoms with Crippen molar-refractivity contribution < 1.29 is 26.7 Å². The van der Waals surface area contributed by atoms with Crippen molar-refractivity contribution in [3.63, 3.8) is 0 Å². The lowest BCUT2D eigenvalue weighted by Gasteiger charge is -2.15. The molecular formula is C11H12F5NO. The molecule has 0 spiro atoms. The summed E-state index contributed by atoms with van der Waals surface area (Å²) < 4.78 is 65.8. The van der Waals surface area contributed by atoms with Gasteiger partial charge in [-0.05, 0) is 31.0 Å². The van der Waals surface area contributed by atoms with E-state index in [9.17, 15) is 22.0 Å². The summed E-state index contributed by atoms with van der Waals surface area (Å²) in [7, 11) is 0. The maximum atomic E-state index is 12.7. The molecule has 0 aliphatic rings. The molecule has 0 amide bonds. The first-order valence-electron chi connectivity index (χ1n) is 5.10. The van der Waals surface area contributed by atoms with Crippen LogP contribution >= 0.6 is 0 Å². The molecule has 7 heteroatoms. The Kier molecular flexibility index (Phi) is 4.50. The smallest absolute Gasteiger partial charge is 0.419 e. The molecule has 0 saturated heterocycles. The molecule has 2 nitrogen and oxygen atoms in total. The van der Waals surface area contributed by atoms with Gasteiger partial charge in [-0.1, -0.05) is 6.07 Å². The fraction of sp³-hybridized carbons (Fsp3) is 0.455. The average Bonchev–Trinajstić information content (AvgIpc) is 2.17. The van der Waals surface area contributed by atoms with Gasteiger partial charge in [0.25, 0.3) is 0 Å². The van der Waals surface area contributed by atoms with Crippen molar-refractivity contribution in [2.45, 2.75) is 32.2 Å². The Bertz CT molecular complexity index is 403. The van der Waals surface area contributed by atoms with Crippen molar-refractivity contribution in [3.8, 4) is 5.75 Å². The van der Waals surface area contributed by atoms with E-state index in [0.29, 0.717) is 5.56 Å². The van der Waals surface area contributed by atoms with Crippen molar-refractivity contribution in [2.75, 3.05) is 0 Å². The number of hydrogen-bond donors (Lipinski definition) is 1. The van der Waals surface area contributed by atoms with Gasteiger partial charge in [-0.25, -0.2) is 0 Å². The van der Waals surface area contributed by atoms with E-state index >= 15 is 0 Å². The van der Waals surface area contributed by atoms with Crippen LogP contribution in [0.1, 0.15) is 18.1 Å². The topological polar surface area (TPSA) is 35.2 Å². The predicted octanol–water partition coefficient (Wildman–Crippen LogP) is 3.20. The SMILES string of the molecule is CC(N)Cc1ccc(OC(F)F)c(C(F)(F)F)c1. The van der Waals surface area contributed by atoms with Crippen LogP contribution in [-0.4, -0.2) is 12.7 Å². The van der Waals surface area contributed by atoms with Gasteiger partial charge in [0.1, 0.15) is 5.75 Å². The van der Waals surface area contributed by atoms with Crippen LogP contribution in [0.3, 0.4) is 0 Å². The van der Waals surface area contributed by atoms with E-state index in [0.717, 1.165) is 12.1 Å². The monoisotopic (exact) mass is 269 g/mol. The molecule has 2 N–H and O–H groups in total. The number of benzene rings is 1. The summed E-state index contributed by atoms with van der Waals surface area (Å²) in [6, 6.07) is 2.62. The lowest BCUT2D eigenvalue weighted by atomic mass is 10.0. The van der Waals surface area contributed by atoms with Crippen LogP contribution in [0, 0.1) is 0 Å². The minimum Gasteiger partial charge on any atom is -0.434 e. The molecule has 1 unspecified atom stereocenters. The highest BCUT2D eigenvalue weighted by molar-refractivity contribution is 5.39. The third-order valence-electron chi connectivity index (χ3n) is 2.12. The zero-order valence-electron chi connectivity index (χ0n) is 9.47. The van der Waals surface area contributed by atoms with Gasteiger partial charge in [0.05, 0.1) is 5.56 Å². The van der Waals surface area contributed by atoms with Gasteiger partial charge in [-0.3, -0.25) is 0 Å². The molecule has 0 bridgehead atoms. The average molecular weight is 269 g/mol. The summed E-state index contributed by atoms with van der Waals surface area (Å²) in [5.74, 6) is -0.883. The first kappa shape index (κ1) is 14.7. The van der Waals surface area contributed by atoms with Crippen LogP contribution in [0.5, 0.6) is 5.75 Å². The number of hydrogen-bond acceptors (Lipinski definition) is 2. The number of ether oxygens (including phenoxy) is 1. The van der Waals surface area contributed by atoms with E-state index in [-0.39, 0.29) is 12.5 Å². The first-order chi connectivity index (χ1) is 8.20. The second kappa shape index (κ2) is 5.51. The van der Waals surface area contributed by atoms with Crippen LogP contribution in [0.25, 0.3) is 0 Å². The zero-order valence-corrected chi connectivity index (χ0v) is 9.47. The van der Waals surface area contributed by atoms with Gasteiger partial charge >= 0.3 is 12.8 Å². The Morgan fingerprint density at radius 1 is 1.28 bits per heavy atom. The van der Waals surface area contributed by atoms with E-state index in [1.807, 2.05) is 0 Å². The van der Waals surface area contributed by atoms with E-state index < -0.39 is 24.1 Å². The summed E-state index contributed by atoms with van der Waals surface area (Å²) in [6.07, 6.45) is -4.53. The Balaban J connectivity index is 3.12. The highest BCUT2D eigenvalue weighted by Gasteiger charge is 2.35. The van der Waals surface area contributed by atoms with Gasteiger partial charge in [0.15, 0.2) is 0 Å². The quantitative estimate of drug-likeness (QED) is 0.852. The molecule has 18 heavy (non-hydrogen) atoms. The van der Waals surface area contributed by atoms with Gasteiger partial charge in [0.2, 0.25) is 0 Å². The molecule has 1 aromatic rings. The van der Waals surface area contributed by atoms with Crippen LogP contribution in [-0.2, 0) is 12.6 Å². The van der Waals surface area contributed by atoms with E-state index in [4.69, 9.17) is 5.73 Å². The summed E-state index contributed by atoms with van der Waals surface area (Å²) in [5, 5.41) is 0. The fourth-order valence-electron chi connectivity index (χ4n) is 1.50. The molecule has 0 aliphatic carbocycles. The standard InChI is InChI=1S/C11H12F5NO/c1-6(17)4-7-2-3-9(18-10(12)13)8(5-7)11(14,15)16/h2-3,5-6,10H,4,17H2,1H3. The molecule has 0 radical (unpaired) electrons. The third kappa shape index (κ3) is 4.14. The molecule has 1 aromatic carbocycles. The molecule has 1 rings (SSSR count). The Labute approximate surface area is 101 Å². The van der Waals surface area contributed by atoms with Crippen molar-refractivity contribution in [1.29, 1.82) is 0 Å². The third-order valence-corrected chi connectivity index (χ3v) is 2.12. The van der Waals surface area contributed by atoms with Gasteiger partial charge in [-0.2, -0.15) is 22.0 Å². The molecule has 0 saturated carbocycles. The van der Waals surface area contributed by atoms with Crippen LogP contribution in [0.15, 0.2) is 18.2 Å². The summed E-state index contributed by atoms with van der Waals surface area (Å²) in [4.78, 5) is 0. The Morgan fingerprint density at radius 2 is 1.89 bits per heavy atom. The number of halogens is 5. The van der Waals surface area contributed by atoms with Crippen molar-refractivity contribution in [3.05, 3.63) is 29.3 Å². The number of nitrogens with two attached hydrogens (primary N) is 1. The summed E-state index contributed by atoms with van der Waals surface area (Å²) >= 11 is 0. The first-order valence-corrected chi connectivity index (χ1v) is 5.10. The van der Waals surface area contributed by atoms with Gasteiger partial charge in [-0.15, -0.1) is 0 Å². The van der Waals surface area contributed by atoms with Crippen molar-refractivity contribution >= 4 is 0 Å². The summed E-state index contributed by atoms with van der Waals surface area (Å²) in [5.41, 5.74) is 4.57. The molecule has 0 aromatic heterocycles. The number of alkyl halides is 5. The maximum Gasteiger partial charge on any atom is 0.419 e. The zero-order chi connectivity index (χ0) is 13.9. The van der Waals surface area contributed by atoms with E-state index in [1.54, 1.807) is 6.92 Å². The minimum atomic E-state index is -4.75. The molecular weight excluding hydrogens is 257 g/mol.